The molecule has 0 unspecified atom stereocenters. The Balaban J connectivity index is 1.60. The van der Waals surface area contributed by atoms with Gasteiger partial charge in [-0.2, -0.15) is 0 Å². The largest absolute Gasteiger partial charge is 0.468 e. The molecule has 3 rings (SSSR count). The van der Waals surface area contributed by atoms with Crippen LogP contribution in [0.2, 0.25) is 0 Å². The Hall–Kier alpha value is -2.11. The van der Waals surface area contributed by atoms with E-state index < -0.39 is 0 Å². The summed E-state index contributed by atoms with van der Waals surface area (Å²) in [5, 5.41) is 11.3. The minimum atomic E-state index is -0.289. The zero-order valence-corrected chi connectivity index (χ0v) is 16.4. The summed E-state index contributed by atoms with van der Waals surface area (Å²) in [5.41, 5.74) is 1.53. The van der Waals surface area contributed by atoms with Gasteiger partial charge in [0.25, 0.3) is 0 Å². The number of amides is 1. The van der Waals surface area contributed by atoms with Crippen molar-refractivity contribution in [2.24, 2.45) is 7.05 Å². The standard InChI is InChI=1S/C15H15N5O3S3/c1-20-8-16-19-14(20)24-6-12(21)17-9-3-4-10-11(5-9)26-15(18-10)25-7-13(22)23-2/h3-5,8H,6-7H2,1-2H3,(H,17,21). The molecule has 0 radical (unpaired) electrons. The minimum absolute atomic E-state index is 0.123. The molecule has 0 fully saturated rings. The first kappa shape index (κ1) is 18.7. The fraction of sp³-hybridized carbons (Fsp3) is 0.267. The van der Waals surface area contributed by atoms with E-state index in [9.17, 15) is 9.59 Å². The number of aryl methyl sites for hydroxylation is 1. The van der Waals surface area contributed by atoms with Crippen LogP contribution in [0.25, 0.3) is 10.2 Å². The number of fused-ring (bicyclic) bond motifs is 1. The van der Waals surface area contributed by atoms with Gasteiger partial charge in [0, 0.05) is 12.7 Å². The molecule has 0 spiro atoms. The number of rotatable bonds is 7. The lowest BCUT2D eigenvalue weighted by Crippen LogP contribution is -2.14. The van der Waals surface area contributed by atoms with Gasteiger partial charge < -0.3 is 14.6 Å². The molecule has 1 aromatic carbocycles. The molecule has 136 valence electrons. The van der Waals surface area contributed by atoms with Crippen molar-refractivity contribution in [3.8, 4) is 0 Å². The average Bonchev–Trinajstić information content (AvgIpc) is 3.23. The summed E-state index contributed by atoms with van der Waals surface area (Å²) < 4.78 is 8.11. The van der Waals surface area contributed by atoms with Crippen LogP contribution in [0.3, 0.4) is 0 Å². The predicted octanol–water partition coefficient (Wildman–Crippen LogP) is 2.42. The first-order valence-corrected chi connectivity index (χ1v) is 10.2. The van der Waals surface area contributed by atoms with Crippen LogP contribution in [0, 0.1) is 0 Å². The molecule has 0 atom stereocenters. The van der Waals surface area contributed by atoms with Gasteiger partial charge in [0.05, 0.1) is 28.8 Å². The van der Waals surface area contributed by atoms with Crippen molar-refractivity contribution in [2.75, 3.05) is 23.9 Å². The first-order valence-electron chi connectivity index (χ1n) is 7.42. The second kappa shape index (κ2) is 8.52. The maximum Gasteiger partial charge on any atom is 0.316 e. The van der Waals surface area contributed by atoms with Gasteiger partial charge >= 0.3 is 5.97 Å². The number of ether oxygens (including phenoxy) is 1. The van der Waals surface area contributed by atoms with Gasteiger partial charge in [-0.15, -0.1) is 21.5 Å². The molecular formula is C15H15N5O3S3. The number of aromatic nitrogens is 4. The van der Waals surface area contributed by atoms with Crippen molar-refractivity contribution < 1.29 is 14.3 Å². The Labute approximate surface area is 161 Å². The fourth-order valence-electron chi connectivity index (χ4n) is 1.95. The number of anilines is 1. The normalized spacial score (nSPS) is 10.8. The lowest BCUT2D eigenvalue weighted by molar-refractivity contribution is -0.137. The molecule has 3 aromatic rings. The lowest BCUT2D eigenvalue weighted by Gasteiger charge is -2.04. The highest BCUT2D eigenvalue weighted by Crippen LogP contribution is 2.31. The van der Waals surface area contributed by atoms with Crippen LogP contribution in [0.5, 0.6) is 0 Å². The summed E-state index contributed by atoms with van der Waals surface area (Å²) in [7, 11) is 3.19. The van der Waals surface area contributed by atoms with Gasteiger partial charge in [0.2, 0.25) is 5.91 Å². The molecule has 0 aliphatic heterocycles. The fourth-order valence-corrected chi connectivity index (χ4v) is 4.58. The Morgan fingerprint density at radius 1 is 1.31 bits per heavy atom. The zero-order chi connectivity index (χ0) is 18.5. The molecule has 1 N–H and O–H groups in total. The van der Waals surface area contributed by atoms with Crippen molar-refractivity contribution >= 4 is 62.6 Å². The Morgan fingerprint density at radius 2 is 2.15 bits per heavy atom. The smallest absolute Gasteiger partial charge is 0.316 e. The van der Waals surface area contributed by atoms with Crippen molar-refractivity contribution in [1.29, 1.82) is 0 Å². The van der Waals surface area contributed by atoms with E-state index in [1.165, 1.54) is 42.0 Å². The molecule has 0 aliphatic rings. The summed E-state index contributed by atoms with van der Waals surface area (Å²) in [6.07, 6.45) is 1.59. The van der Waals surface area contributed by atoms with E-state index in [2.05, 4.69) is 25.2 Å². The molecular weight excluding hydrogens is 394 g/mol. The number of methoxy groups -OCH3 is 1. The number of hydrogen-bond donors (Lipinski definition) is 1. The third kappa shape index (κ3) is 4.74. The molecule has 8 nitrogen and oxygen atoms in total. The number of esters is 1. The molecule has 0 saturated carbocycles. The van der Waals surface area contributed by atoms with Gasteiger partial charge in [-0.3, -0.25) is 9.59 Å². The van der Waals surface area contributed by atoms with E-state index in [4.69, 9.17) is 0 Å². The molecule has 0 saturated heterocycles. The number of thioether (sulfide) groups is 2. The molecule has 2 heterocycles. The lowest BCUT2D eigenvalue weighted by atomic mass is 10.3. The van der Waals surface area contributed by atoms with Crippen molar-refractivity contribution in [3.05, 3.63) is 24.5 Å². The number of carbonyl (C=O) groups is 2. The van der Waals surface area contributed by atoms with E-state index in [0.29, 0.717) is 10.8 Å². The van der Waals surface area contributed by atoms with Crippen LogP contribution in [0.1, 0.15) is 0 Å². The Kier molecular flexibility index (Phi) is 6.12. The highest BCUT2D eigenvalue weighted by molar-refractivity contribution is 8.01. The summed E-state index contributed by atoms with van der Waals surface area (Å²) in [4.78, 5) is 27.8. The van der Waals surface area contributed by atoms with E-state index in [0.717, 1.165) is 14.6 Å². The van der Waals surface area contributed by atoms with Crippen LogP contribution < -0.4 is 5.32 Å². The van der Waals surface area contributed by atoms with Gasteiger partial charge in [-0.25, -0.2) is 4.98 Å². The van der Waals surface area contributed by atoms with E-state index in [1.54, 1.807) is 10.9 Å². The van der Waals surface area contributed by atoms with Crippen LogP contribution >= 0.6 is 34.9 Å². The highest BCUT2D eigenvalue weighted by atomic mass is 32.2. The Morgan fingerprint density at radius 3 is 2.88 bits per heavy atom. The summed E-state index contributed by atoms with van der Waals surface area (Å²) in [6, 6.07) is 5.53. The van der Waals surface area contributed by atoms with Gasteiger partial charge in [-0.1, -0.05) is 23.5 Å². The van der Waals surface area contributed by atoms with E-state index in [1.807, 2.05) is 25.2 Å². The first-order chi connectivity index (χ1) is 12.5. The third-order valence-electron chi connectivity index (χ3n) is 3.20. The maximum absolute atomic E-state index is 12.1. The van der Waals surface area contributed by atoms with Gasteiger partial charge in [0.15, 0.2) is 9.50 Å². The number of thiazole rings is 1. The number of nitrogens with one attached hydrogen (secondary N) is 1. The Bertz CT molecular complexity index is 940. The van der Waals surface area contributed by atoms with E-state index >= 15 is 0 Å². The van der Waals surface area contributed by atoms with Crippen LogP contribution in [0.4, 0.5) is 5.69 Å². The van der Waals surface area contributed by atoms with Crippen molar-refractivity contribution in [3.63, 3.8) is 0 Å². The van der Waals surface area contributed by atoms with Crippen molar-refractivity contribution in [2.45, 2.75) is 9.50 Å². The molecule has 0 bridgehead atoms. The topological polar surface area (TPSA) is 99.0 Å². The molecule has 0 aliphatic carbocycles. The summed E-state index contributed by atoms with van der Waals surface area (Å²) in [6.45, 7) is 0. The van der Waals surface area contributed by atoms with Gasteiger partial charge in [-0.05, 0) is 18.2 Å². The highest BCUT2D eigenvalue weighted by Gasteiger charge is 2.10. The van der Waals surface area contributed by atoms with Gasteiger partial charge in [0.1, 0.15) is 6.33 Å². The molecule has 26 heavy (non-hydrogen) atoms. The quantitative estimate of drug-likeness (QED) is 0.469. The third-order valence-corrected chi connectivity index (χ3v) is 6.36. The monoisotopic (exact) mass is 409 g/mol. The summed E-state index contributed by atoms with van der Waals surface area (Å²) in [5.74, 6) is 0.0527. The minimum Gasteiger partial charge on any atom is -0.468 e. The number of carbonyl (C=O) groups excluding carboxylic acids is 2. The molecule has 2 aromatic heterocycles. The van der Waals surface area contributed by atoms with E-state index in [-0.39, 0.29) is 23.4 Å². The van der Waals surface area contributed by atoms with Crippen LogP contribution in [0.15, 0.2) is 34.0 Å². The van der Waals surface area contributed by atoms with Crippen molar-refractivity contribution in [1.82, 2.24) is 19.7 Å². The predicted molar refractivity (Wildman–Crippen MR) is 103 cm³/mol. The zero-order valence-electron chi connectivity index (χ0n) is 14.0. The average molecular weight is 410 g/mol. The second-order valence-corrected chi connectivity index (χ2v) is 8.28. The SMILES string of the molecule is COC(=O)CSc1nc2ccc(NC(=O)CSc3nncn3C)cc2s1. The molecule has 11 heteroatoms. The maximum atomic E-state index is 12.1. The number of hydrogen-bond acceptors (Lipinski definition) is 9. The second-order valence-electron chi connectivity index (χ2n) is 5.09. The number of benzene rings is 1. The van der Waals surface area contributed by atoms with Crippen LogP contribution in [-0.4, -0.2) is 50.2 Å². The molecule has 1 amide bonds. The van der Waals surface area contributed by atoms with Crippen LogP contribution in [-0.2, 0) is 21.4 Å². The number of nitrogens with zero attached hydrogens (tertiary/aromatic N) is 4. The summed E-state index contributed by atoms with van der Waals surface area (Å²) >= 11 is 4.12.